The fourth-order valence-corrected chi connectivity index (χ4v) is 5.15. The number of esters is 1. The predicted molar refractivity (Wildman–Crippen MR) is 163 cm³/mol. The highest BCUT2D eigenvalue weighted by atomic mass is 16.5. The summed E-state index contributed by atoms with van der Waals surface area (Å²) in [6.07, 6.45) is 2.37. The van der Waals surface area contributed by atoms with Gasteiger partial charge in [0.1, 0.15) is 35.7 Å². The highest BCUT2D eigenvalue weighted by Gasteiger charge is 2.31. The molecule has 0 unspecified atom stereocenters. The van der Waals surface area contributed by atoms with Crippen LogP contribution >= 0.6 is 0 Å². The summed E-state index contributed by atoms with van der Waals surface area (Å²) in [5, 5.41) is 19.0. The number of aromatic nitrogens is 1. The van der Waals surface area contributed by atoms with E-state index in [1.54, 1.807) is 37.4 Å². The van der Waals surface area contributed by atoms with Crippen molar-refractivity contribution in [2.75, 3.05) is 13.7 Å². The molecule has 0 bridgehead atoms. The minimum absolute atomic E-state index is 0.0249. The van der Waals surface area contributed by atoms with Crippen LogP contribution in [0.25, 0.3) is 10.9 Å². The van der Waals surface area contributed by atoms with Gasteiger partial charge in [0.2, 0.25) is 11.8 Å². The fourth-order valence-electron chi connectivity index (χ4n) is 5.15. The van der Waals surface area contributed by atoms with Crippen molar-refractivity contribution in [2.24, 2.45) is 11.8 Å². The zero-order chi connectivity index (χ0) is 31.6. The molecule has 1 aromatic heterocycles. The number of nitriles is 1. The SMILES string of the molecule is COc1cccc2[nH]c(C(=O)N[C@@H](CC(C)C)C(=O)N[C@H](/C=C(/C#N)C(=O)OCc3ccccc3)C[C@@H]3CCNC3=O)cc12. The number of aromatic amines is 1. The molecule has 0 spiro atoms. The molecule has 1 saturated heterocycles. The predicted octanol–water partition coefficient (Wildman–Crippen LogP) is 3.53. The minimum atomic E-state index is -0.931. The van der Waals surface area contributed by atoms with Gasteiger partial charge >= 0.3 is 5.97 Å². The summed E-state index contributed by atoms with van der Waals surface area (Å²) >= 11 is 0. The molecule has 0 aliphatic carbocycles. The number of ether oxygens (including phenoxy) is 2. The van der Waals surface area contributed by atoms with E-state index in [1.807, 2.05) is 44.2 Å². The number of rotatable bonds is 13. The molecule has 2 aromatic carbocycles. The van der Waals surface area contributed by atoms with Gasteiger partial charge in [0.15, 0.2) is 0 Å². The maximum Gasteiger partial charge on any atom is 0.348 e. The smallest absolute Gasteiger partial charge is 0.348 e. The Morgan fingerprint density at radius 3 is 2.55 bits per heavy atom. The lowest BCUT2D eigenvalue weighted by Crippen LogP contribution is -2.50. The summed E-state index contributed by atoms with van der Waals surface area (Å²) in [5.41, 5.74) is 1.44. The first-order valence-corrected chi connectivity index (χ1v) is 14.6. The molecule has 0 radical (unpaired) electrons. The van der Waals surface area contributed by atoms with E-state index in [0.717, 1.165) is 10.9 Å². The van der Waals surface area contributed by atoms with Crippen LogP contribution in [-0.2, 0) is 25.7 Å². The summed E-state index contributed by atoms with van der Waals surface area (Å²) < 4.78 is 10.7. The quantitative estimate of drug-likeness (QED) is 0.133. The number of nitrogens with one attached hydrogen (secondary N) is 4. The molecule has 2 heterocycles. The molecule has 230 valence electrons. The van der Waals surface area contributed by atoms with Crippen molar-refractivity contribution < 1.29 is 28.7 Å². The first-order chi connectivity index (χ1) is 21.2. The maximum atomic E-state index is 13.6. The van der Waals surface area contributed by atoms with Crippen molar-refractivity contribution in [3.05, 3.63) is 77.5 Å². The van der Waals surface area contributed by atoms with Crippen molar-refractivity contribution in [3.63, 3.8) is 0 Å². The number of carbonyl (C=O) groups is 4. The van der Waals surface area contributed by atoms with E-state index in [1.165, 1.54) is 6.08 Å². The molecule has 1 fully saturated rings. The molecule has 4 rings (SSSR count). The number of H-pyrrole nitrogens is 1. The first-order valence-electron chi connectivity index (χ1n) is 14.6. The Labute approximate surface area is 256 Å². The zero-order valence-corrected chi connectivity index (χ0v) is 25.0. The average molecular weight is 600 g/mol. The van der Waals surface area contributed by atoms with Crippen molar-refractivity contribution >= 4 is 34.6 Å². The number of nitrogens with zero attached hydrogens (tertiary/aromatic N) is 1. The molecule has 3 amide bonds. The molecule has 3 aromatic rings. The normalized spacial score (nSPS) is 16.1. The summed E-state index contributed by atoms with van der Waals surface area (Å²) in [6, 6.07) is 16.2. The van der Waals surface area contributed by atoms with Crippen molar-refractivity contribution in [1.82, 2.24) is 20.9 Å². The number of fused-ring (bicyclic) bond motifs is 1. The molecule has 4 N–H and O–H groups in total. The standard InChI is InChI=1S/C33H37N5O6/c1-20(2)14-27(38-32(41)28-17-25-26(37-28)10-7-11-29(25)43-3)31(40)36-24(15-22-12-13-35-30(22)39)16-23(18-34)33(42)44-19-21-8-5-4-6-9-21/h4-11,16-17,20,22,24,27,37H,12-15,19H2,1-3H3,(H,35,39)(H,36,40)(H,38,41)/b23-16-/t22-,24-,27-/m0/s1. The van der Waals surface area contributed by atoms with E-state index in [2.05, 4.69) is 20.9 Å². The van der Waals surface area contributed by atoms with Gasteiger partial charge in [-0.15, -0.1) is 0 Å². The van der Waals surface area contributed by atoms with E-state index in [-0.39, 0.29) is 36.1 Å². The Balaban J connectivity index is 1.53. The van der Waals surface area contributed by atoms with Crippen LogP contribution in [0.4, 0.5) is 0 Å². The topological polar surface area (TPSA) is 162 Å². The first kappa shape index (κ1) is 31.8. The average Bonchev–Trinajstić information content (AvgIpc) is 3.64. The minimum Gasteiger partial charge on any atom is -0.496 e. The molecule has 44 heavy (non-hydrogen) atoms. The third-order valence-electron chi connectivity index (χ3n) is 7.37. The van der Waals surface area contributed by atoms with Crippen LogP contribution in [0.15, 0.2) is 66.2 Å². The van der Waals surface area contributed by atoms with Crippen molar-refractivity contribution in [2.45, 2.75) is 51.8 Å². The Morgan fingerprint density at radius 2 is 1.89 bits per heavy atom. The van der Waals surface area contributed by atoms with Gasteiger partial charge in [-0.1, -0.05) is 50.2 Å². The monoisotopic (exact) mass is 599 g/mol. The van der Waals surface area contributed by atoms with Crippen LogP contribution in [0.5, 0.6) is 5.75 Å². The largest absolute Gasteiger partial charge is 0.496 e. The number of hydrogen-bond donors (Lipinski definition) is 4. The fraction of sp³-hybridized carbons (Fsp3) is 0.364. The van der Waals surface area contributed by atoms with Gasteiger partial charge in [-0.05, 0) is 55.0 Å². The summed E-state index contributed by atoms with van der Waals surface area (Å²) in [5.74, 6) is -1.75. The number of amides is 3. The number of carbonyl (C=O) groups excluding carboxylic acids is 4. The molecule has 1 aliphatic heterocycles. The van der Waals surface area contributed by atoms with E-state index < -0.39 is 35.8 Å². The maximum absolute atomic E-state index is 13.6. The van der Waals surface area contributed by atoms with E-state index >= 15 is 0 Å². The molecular formula is C33H37N5O6. The lowest BCUT2D eigenvalue weighted by atomic mass is 9.96. The summed E-state index contributed by atoms with van der Waals surface area (Å²) in [6.45, 7) is 4.33. The van der Waals surface area contributed by atoms with Gasteiger partial charge in [0, 0.05) is 29.4 Å². The van der Waals surface area contributed by atoms with Gasteiger partial charge in [-0.3, -0.25) is 14.4 Å². The van der Waals surface area contributed by atoms with Gasteiger partial charge in [-0.2, -0.15) is 5.26 Å². The van der Waals surface area contributed by atoms with Gasteiger partial charge < -0.3 is 30.4 Å². The Kier molecular flexibility index (Phi) is 10.8. The van der Waals surface area contributed by atoms with Crippen LogP contribution in [0, 0.1) is 23.2 Å². The zero-order valence-electron chi connectivity index (χ0n) is 25.0. The van der Waals surface area contributed by atoms with Crippen LogP contribution in [0.1, 0.15) is 49.2 Å². The second-order valence-corrected chi connectivity index (χ2v) is 11.1. The van der Waals surface area contributed by atoms with Crippen LogP contribution in [-0.4, -0.2) is 54.4 Å². The van der Waals surface area contributed by atoms with E-state index in [0.29, 0.717) is 30.7 Å². The van der Waals surface area contributed by atoms with E-state index in [9.17, 15) is 24.4 Å². The lowest BCUT2D eigenvalue weighted by molar-refractivity contribution is -0.139. The van der Waals surface area contributed by atoms with Crippen molar-refractivity contribution in [3.8, 4) is 11.8 Å². The van der Waals surface area contributed by atoms with Gasteiger partial charge in [-0.25, -0.2) is 4.79 Å². The molecule has 3 atom stereocenters. The van der Waals surface area contributed by atoms with E-state index in [4.69, 9.17) is 9.47 Å². The third kappa shape index (κ3) is 8.25. The van der Waals surface area contributed by atoms with Crippen LogP contribution < -0.4 is 20.7 Å². The second-order valence-electron chi connectivity index (χ2n) is 11.1. The Hall–Kier alpha value is -5.11. The third-order valence-corrected chi connectivity index (χ3v) is 7.37. The Bertz CT molecular complexity index is 1570. The van der Waals surface area contributed by atoms with Gasteiger partial charge in [0.05, 0.1) is 7.11 Å². The molecule has 0 saturated carbocycles. The molecular weight excluding hydrogens is 562 g/mol. The molecule has 11 nitrogen and oxygen atoms in total. The summed E-state index contributed by atoms with van der Waals surface area (Å²) in [4.78, 5) is 55.2. The molecule has 11 heteroatoms. The second kappa shape index (κ2) is 14.9. The number of hydrogen-bond acceptors (Lipinski definition) is 7. The highest BCUT2D eigenvalue weighted by molar-refractivity contribution is 6.01. The molecule has 1 aliphatic rings. The van der Waals surface area contributed by atoms with Crippen molar-refractivity contribution in [1.29, 1.82) is 5.26 Å². The number of methoxy groups -OCH3 is 1. The van der Waals surface area contributed by atoms with Crippen LogP contribution in [0.3, 0.4) is 0 Å². The number of benzene rings is 2. The Morgan fingerprint density at radius 1 is 1.11 bits per heavy atom. The lowest BCUT2D eigenvalue weighted by Gasteiger charge is -2.24. The van der Waals surface area contributed by atoms with Crippen LogP contribution in [0.2, 0.25) is 0 Å². The highest BCUT2D eigenvalue weighted by Crippen LogP contribution is 2.26. The summed E-state index contributed by atoms with van der Waals surface area (Å²) in [7, 11) is 1.55. The van der Waals surface area contributed by atoms with Gasteiger partial charge in [0.25, 0.3) is 5.91 Å².